The minimum atomic E-state index is -3.89. The first-order valence-electron chi connectivity index (χ1n) is 9.59. The highest BCUT2D eigenvalue weighted by atomic mass is 32.2. The first-order valence-corrected chi connectivity index (χ1v) is 11.0. The number of carbonyl (C=O) groups is 1. The molecule has 0 radical (unpaired) electrons. The molecule has 0 spiro atoms. The highest BCUT2D eigenvalue weighted by Crippen LogP contribution is 2.38. The van der Waals surface area contributed by atoms with Crippen molar-refractivity contribution in [2.24, 2.45) is 0 Å². The minimum Gasteiger partial charge on any atom is -0.295 e. The van der Waals surface area contributed by atoms with Crippen LogP contribution >= 0.6 is 0 Å². The summed E-state index contributed by atoms with van der Waals surface area (Å²) < 4.78 is 28.8. The van der Waals surface area contributed by atoms with Crippen LogP contribution in [0, 0.1) is 6.92 Å². The number of benzene rings is 3. The summed E-state index contributed by atoms with van der Waals surface area (Å²) in [5.41, 5.74) is 3.67. The highest BCUT2D eigenvalue weighted by molar-refractivity contribution is 7.90. The van der Waals surface area contributed by atoms with Crippen molar-refractivity contribution >= 4 is 32.8 Å². The molecular formula is C25H21NO3S. The number of rotatable bonds is 5. The standard InChI is InChI=1S/C25H21NO3S/c1-18-12-15-21(16-13-18)30(28,29)26-23-11-7-6-10-22(23)25(20-8-4-3-5-9-20)24(26)17-14-19(2)27/h3-17H,1-2H3/b17-14+. The van der Waals surface area contributed by atoms with Crippen molar-refractivity contribution in [3.63, 3.8) is 0 Å². The van der Waals surface area contributed by atoms with Gasteiger partial charge in [0.15, 0.2) is 5.78 Å². The van der Waals surface area contributed by atoms with Gasteiger partial charge in [-0.15, -0.1) is 0 Å². The first kappa shape index (κ1) is 19.9. The van der Waals surface area contributed by atoms with Gasteiger partial charge in [0.2, 0.25) is 0 Å². The number of aryl methyl sites for hydroxylation is 1. The van der Waals surface area contributed by atoms with Gasteiger partial charge in [-0.05, 0) is 49.8 Å². The third kappa shape index (κ3) is 3.48. The number of allylic oxidation sites excluding steroid dienone is 1. The van der Waals surface area contributed by atoms with Gasteiger partial charge in [0, 0.05) is 10.9 Å². The molecule has 0 unspecified atom stereocenters. The summed E-state index contributed by atoms with van der Waals surface area (Å²) >= 11 is 0. The molecule has 0 fully saturated rings. The number of para-hydroxylation sites is 1. The number of hydrogen-bond acceptors (Lipinski definition) is 3. The molecule has 0 aliphatic heterocycles. The largest absolute Gasteiger partial charge is 0.295 e. The predicted octanol–water partition coefficient (Wildman–Crippen LogP) is 5.46. The number of hydrogen-bond donors (Lipinski definition) is 0. The van der Waals surface area contributed by atoms with Crippen LogP contribution in [0.5, 0.6) is 0 Å². The molecule has 0 amide bonds. The van der Waals surface area contributed by atoms with Gasteiger partial charge < -0.3 is 0 Å². The van der Waals surface area contributed by atoms with Gasteiger partial charge in [-0.3, -0.25) is 4.79 Å². The van der Waals surface area contributed by atoms with Crippen molar-refractivity contribution in [2.45, 2.75) is 18.7 Å². The minimum absolute atomic E-state index is 0.154. The van der Waals surface area contributed by atoms with Gasteiger partial charge in [-0.2, -0.15) is 0 Å². The molecule has 0 saturated heterocycles. The molecule has 150 valence electrons. The Morgan fingerprint density at radius 1 is 0.867 bits per heavy atom. The van der Waals surface area contributed by atoms with Gasteiger partial charge in [-0.1, -0.05) is 66.2 Å². The molecule has 0 aliphatic carbocycles. The highest BCUT2D eigenvalue weighted by Gasteiger charge is 2.26. The van der Waals surface area contributed by atoms with Crippen LogP contribution in [0.25, 0.3) is 28.1 Å². The lowest BCUT2D eigenvalue weighted by atomic mass is 10.0. The Labute approximate surface area is 176 Å². The lowest BCUT2D eigenvalue weighted by molar-refractivity contribution is -0.112. The van der Waals surface area contributed by atoms with E-state index in [2.05, 4.69) is 0 Å². The second kappa shape index (κ2) is 7.76. The van der Waals surface area contributed by atoms with Crippen LogP contribution < -0.4 is 0 Å². The Balaban J connectivity index is 2.12. The average molecular weight is 416 g/mol. The molecule has 1 heterocycles. The SMILES string of the molecule is CC(=O)/C=C/c1c(-c2ccccc2)c2ccccc2n1S(=O)(=O)c1ccc(C)cc1. The predicted molar refractivity (Wildman–Crippen MR) is 121 cm³/mol. The van der Waals surface area contributed by atoms with Gasteiger partial charge >= 0.3 is 0 Å². The third-order valence-electron chi connectivity index (χ3n) is 4.96. The van der Waals surface area contributed by atoms with Crippen molar-refractivity contribution in [2.75, 3.05) is 0 Å². The molecule has 0 atom stereocenters. The van der Waals surface area contributed by atoms with Crippen molar-refractivity contribution in [1.82, 2.24) is 3.97 Å². The third-order valence-corrected chi connectivity index (χ3v) is 6.71. The van der Waals surface area contributed by atoms with Crippen LogP contribution in [0.1, 0.15) is 18.2 Å². The maximum absolute atomic E-state index is 13.7. The van der Waals surface area contributed by atoms with E-state index in [1.165, 1.54) is 17.0 Å². The summed E-state index contributed by atoms with van der Waals surface area (Å²) in [6.45, 7) is 3.36. The van der Waals surface area contributed by atoms with Gasteiger partial charge in [0.1, 0.15) is 0 Å². The van der Waals surface area contributed by atoms with E-state index in [-0.39, 0.29) is 10.7 Å². The Morgan fingerprint density at radius 2 is 1.50 bits per heavy atom. The molecule has 0 aliphatic rings. The Morgan fingerprint density at radius 3 is 2.17 bits per heavy atom. The molecule has 4 nitrogen and oxygen atoms in total. The smallest absolute Gasteiger partial charge is 0.268 e. The quantitative estimate of drug-likeness (QED) is 0.407. The second-order valence-corrected chi connectivity index (χ2v) is 8.96. The maximum Gasteiger partial charge on any atom is 0.268 e. The number of carbonyl (C=O) groups excluding carboxylic acids is 1. The molecule has 4 rings (SSSR count). The summed E-state index contributed by atoms with van der Waals surface area (Å²) in [7, 11) is -3.89. The molecule has 0 saturated carbocycles. The first-order chi connectivity index (χ1) is 14.4. The number of fused-ring (bicyclic) bond motifs is 1. The van der Waals surface area contributed by atoms with E-state index >= 15 is 0 Å². The van der Waals surface area contributed by atoms with Gasteiger partial charge in [0.05, 0.1) is 16.1 Å². The zero-order valence-electron chi connectivity index (χ0n) is 16.7. The maximum atomic E-state index is 13.7. The topological polar surface area (TPSA) is 56.1 Å². The van der Waals surface area contributed by atoms with Crippen molar-refractivity contribution in [1.29, 1.82) is 0 Å². The van der Waals surface area contributed by atoms with E-state index < -0.39 is 10.0 Å². The Bertz CT molecular complexity index is 1360. The van der Waals surface area contributed by atoms with E-state index in [0.717, 1.165) is 22.1 Å². The van der Waals surface area contributed by atoms with Crippen LogP contribution in [0.2, 0.25) is 0 Å². The van der Waals surface area contributed by atoms with Crippen molar-refractivity contribution < 1.29 is 13.2 Å². The summed E-state index contributed by atoms with van der Waals surface area (Å²) in [6.07, 6.45) is 3.00. The molecular weight excluding hydrogens is 394 g/mol. The van der Waals surface area contributed by atoms with Crippen LogP contribution in [-0.2, 0) is 14.8 Å². The Hall–Kier alpha value is -3.44. The van der Waals surface area contributed by atoms with E-state index in [4.69, 9.17) is 0 Å². The van der Waals surface area contributed by atoms with Crippen molar-refractivity contribution in [3.05, 3.63) is 96.2 Å². The summed E-state index contributed by atoms with van der Waals surface area (Å²) in [5.74, 6) is -0.154. The monoisotopic (exact) mass is 415 g/mol. The number of ketones is 1. The fourth-order valence-corrected chi connectivity index (χ4v) is 5.08. The Kier molecular flexibility index (Phi) is 5.14. The lowest BCUT2D eigenvalue weighted by Gasteiger charge is -2.11. The zero-order valence-corrected chi connectivity index (χ0v) is 17.6. The van der Waals surface area contributed by atoms with E-state index in [1.807, 2.05) is 55.5 Å². The van der Waals surface area contributed by atoms with Crippen LogP contribution in [0.15, 0.2) is 89.8 Å². The normalized spacial score (nSPS) is 11.9. The van der Waals surface area contributed by atoms with Crippen LogP contribution in [0.4, 0.5) is 0 Å². The van der Waals surface area contributed by atoms with Crippen LogP contribution in [0.3, 0.4) is 0 Å². The molecule has 1 aromatic heterocycles. The molecule has 3 aromatic carbocycles. The van der Waals surface area contributed by atoms with E-state index in [9.17, 15) is 13.2 Å². The summed E-state index contributed by atoms with van der Waals surface area (Å²) in [4.78, 5) is 11.9. The summed E-state index contributed by atoms with van der Waals surface area (Å²) in [5, 5.41) is 0.808. The molecule has 5 heteroatoms. The average Bonchev–Trinajstić information content (AvgIpc) is 3.08. The molecule has 0 N–H and O–H groups in total. The van der Waals surface area contributed by atoms with Crippen LogP contribution in [-0.4, -0.2) is 18.2 Å². The fraction of sp³-hybridized carbons (Fsp3) is 0.0800. The zero-order chi connectivity index (χ0) is 21.3. The molecule has 4 aromatic rings. The van der Waals surface area contributed by atoms with E-state index in [0.29, 0.717) is 11.2 Å². The second-order valence-electron chi connectivity index (χ2n) is 7.17. The molecule has 30 heavy (non-hydrogen) atoms. The molecule has 0 bridgehead atoms. The fourth-order valence-electron chi connectivity index (χ4n) is 3.56. The number of nitrogens with zero attached hydrogens (tertiary/aromatic N) is 1. The van der Waals surface area contributed by atoms with Gasteiger partial charge in [0.25, 0.3) is 10.0 Å². The lowest BCUT2D eigenvalue weighted by Crippen LogP contribution is -2.14. The van der Waals surface area contributed by atoms with E-state index in [1.54, 1.807) is 36.4 Å². The summed E-state index contributed by atoms with van der Waals surface area (Å²) in [6, 6.07) is 23.8. The van der Waals surface area contributed by atoms with Gasteiger partial charge in [-0.25, -0.2) is 12.4 Å². The van der Waals surface area contributed by atoms with Crippen molar-refractivity contribution in [3.8, 4) is 11.1 Å². The number of aromatic nitrogens is 1.